The quantitative estimate of drug-likeness (QED) is 0.569. The maximum atomic E-state index is 13.3. The van der Waals surface area contributed by atoms with Gasteiger partial charge in [-0.15, -0.1) is 5.10 Å². The van der Waals surface area contributed by atoms with Crippen molar-refractivity contribution in [2.45, 2.75) is 30.3 Å². The van der Waals surface area contributed by atoms with Crippen LogP contribution < -0.4 is 9.64 Å². The molecule has 2 unspecified atom stereocenters. The van der Waals surface area contributed by atoms with Crippen LogP contribution in [0.1, 0.15) is 29.1 Å². The van der Waals surface area contributed by atoms with Crippen LogP contribution in [0.15, 0.2) is 59.8 Å². The predicted molar refractivity (Wildman–Crippen MR) is 126 cm³/mol. The molecule has 1 fully saturated rings. The van der Waals surface area contributed by atoms with Crippen LogP contribution in [0.25, 0.3) is 0 Å². The number of fused-ring (bicyclic) bond motifs is 1. The highest BCUT2D eigenvalue weighted by molar-refractivity contribution is 8.00. The van der Waals surface area contributed by atoms with Crippen molar-refractivity contribution >= 4 is 23.4 Å². The van der Waals surface area contributed by atoms with E-state index in [0.29, 0.717) is 17.6 Å². The van der Waals surface area contributed by atoms with E-state index < -0.39 is 0 Å². The summed E-state index contributed by atoms with van der Waals surface area (Å²) in [5, 5.41) is 4.74. The molecule has 3 aromatic rings. The lowest BCUT2D eigenvalue weighted by atomic mass is 9.99. The fourth-order valence-corrected chi connectivity index (χ4v) is 5.80. The summed E-state index contributed by atoms with van der Waals surface area (Å²) in [6.07, 6.45) is 0. The normalized spacial score (nSPS) is 19.8. The maximum absolute atomic E-state index is 13.3. The van der Waals surface area contributed by atoms with Crippen molar-refractivity contribution in [2.75, 3.05) is 37.7 Å². The van der Waals surface area contributed by atoms with Gasteiger partial charge >= 0.3 is 0 Å². The van der Waals surface area contributed by atoms with Gasteiger partial charge in [0.05, 0.1) is 12.6 Å². The molecule has 3 heterocycles. The molecule has 1 aromatic heterocycles. The van der Waals surface area contributed by atoms with Crippen molar-refractivity contribution in [2.24, 2.45) is 0 Å². The van der Waals surface area contributed by atoms with Gasteiger partial charge in [0.2, 0.25) is 0 Å². The molecule has 2 atom stereocenters. The minimum atomic E-state index is -0.271. The number of thioether (sulfide) groups is 1. The number of aryl methyl sites for hydroxylation is 1. The fourth-order valence-electron chi connectivity index (χ4n) is 4.50. The summed E-state index contributed by atoms with van der Waals surface area (Å²) >= 11 is 1.53. The highest BCUT2D eigenvalue weighted by Gasteiger charge is 2.43. The molecule has 0 amide bonds. The standard InChI is InChI=1S/C24H27N5O2S/c1-3-31-20-11-9-18(10-12-20)21(22-23(30)29-24(32-22)25-17(2)26-29)28-15-13-27(14-16-28)19-7-5-4-6-8-19/h4-12,21-22H,3,13-16H2,1-2H3. The molecule has 166 valence electrons. The number of carbonyl (C=O) groups excluding carboxylic acids is 1. The number of para-hydroxylation sites is 1. The highest BCUT2D eigenvalue weighted by atomic mass is 32.2. The lowest BCUT2D eigenvalue weighted by molar-refractivity contribution is 0.0830. The summed E-state index contributed by atoms with van der Waals surface area (Å²) in [5.41, 5.74) is 2.37. The summed E-state index contributed by atoms with van der Waals surface area (Å²) in [7, 11) is 0. The molecule has 0 radical (unpaired) electrons. The molecule has 0 bridgehead atoms. The number of ether oxygens (including phenoxy) is 1. The van der Waals surface area contributed by atoms with E-state index in [-0.39, 0.29) is 17.2 Å². The second kappa shape index (κ2) is 8.96. The van der Waals surface area contributed by atoms with Gasteiger partial charge in [0.1, 0.15) is 16.8 Å². The number of piperazine rings is 1. The van der Waals surface area contributed by atoms with Gasteiger partial charge in [-0.1, -0.05) is 42.1 Å². The number of nitrogens with zero attached hydrogens (tertiary/aromatic N) is 5. The van der Waals surface area contributed by atoms with Crippen LogP contribution in [0, 0.1) is 6.92 Å². The number of hydrogen-bond acceptors (Lipinski definition) is 7. The monoisotopic (exact) mass is 449 g/mol. The van der Waals surface area contributed by atoms with Crippen molar-refractivity contribution in [1.29, 1.82) is 0 Å². The molecule has 8 heteroatoms. The van der Waals surface area contributed by atoms with Crippen LogP contribution in [-0.4, -0.2) is 63.6 Å². The van der Waals surface area contributed by atoms with Crippen molar-refractivity contribution in [3.05, 3.63) is 66.0 Å². The third-order valence-electron chi connectivity index (χ3n) is 6.02. The third kappa shape index (κ3) is 4.00. The number of anilines is 1. The van der Waals surface area contributed by atoms with E-state index in [1.54, 1.807) is 0 Å². The van der Waals surface area contributed by atoms with Gasteiger partial charge in [-0.2, -0.15) is 4.68 Å². The average molecular weight is 450 g/mol. The van der Waals surface area contributed by atoms with E-state index >= 15 is 0 Å². The Morgan fingerprint density at radius 1 is 1.06 bits per heavy atom. The second-order valence-corrected chi connectivity index (χ2v) is 9.14. The number of aromatic nitrogens is 3. The van der Waals surface area contributed by atoms with Crippen LogP contribution in [0.4, 0.5) is 5.69 Å². The first-order chi connectivity index (χ1) is 15.6. The van der Waals surface area contributed by atoms with Crippen LogP contribution >= 0.6 is 11.8 Å². The van der Waals surface area contributed by atoms with Gasteiger partial charge in [0, 0.05) is 31.9 Å². The minimum absolute atomic E-state index is 0.00923. The molecule has 0 N–H and O–H groups in total. The van der Waals surface area contributed by atoms with E-state index in [4.69, 9.17) is 4.74 Å². The van der Waals surface area contributed by atoms with E-state index in [1.165, 1.54) is 22.1 Å². The van der Waals surface area contributed by atoms with Gasteiger partial charge in [-0.05, 0) is 43.7 Å². The van der Waals surface area contributed by atoms with Crippen molar-refractivity contribution in [1.82, 2.24) is 19.7 Å². The van der Waals surface area contributed by atoms with Gasteiger partial charge in [0.25, 0.3) is 5.91 Å². The molecule has 2 aliphatic rings. The molecule has 0 spiro atoms. The fraction of sp³-hybridized carbons (Fsp3) is 0.375. The van der Waals surface area contributed by atoms with Crippen LogP contribution in [0.2, 0.25) is 0 Å². The van der Waals surface area contributed by atoms with Gasteiger partial charge in [0.15, 0.2) is 5.16 Å². The zero-order valence-corrected chi connectivity index (χ0v) is 19.2. The summed E-state index contributed by atoms with van der Waals surface area (Å²) in [6.45, 7) is 8.04. The topological polar surface area (TPSA) is 63.5 Å². The smallest absolute Gasteiger partial charge is 0.264 e. The van der Waals surface area contributed by atoms with Gasteiger partial charge in [-0.3, -0.25) is 9.69 Å². The molecule has 2 aromatic carbocycles. The zero-order chi connectivity index (χ0) is 22.1. The number of carbonyl (C=O) groups is 1. The van der Waals surface area contributed by atoms with Crippen molar-refractivity contribution in [3.63, 3.8) is 0 Å². The van der Waals surface area contributed by atoms with Crippen molar-refractivity contribution in [3.8, 4) is 5.75 Å². The van der Waals surface area contributed by atoms with Crippen molar-refractivity contribution < 1.29 is 9.53 Å². The second-order valence-electron chi connectivity index (χ2n) is 8.04. The van der Waals surface area contributed by atoms with Crippen LogP contribution in [0.3, 0.4) is 0 Å². The zero-order valence-electron chi connectivity index (χ0n) is 18.3. The minimum Gasteiger partial charge on any atom is -0.494 e. The molecular weight excluding hydrogens is 422 g/mol. The summed E-state index contributed by atoms with van der Waals surface area (Å²) < 4.78 is 7.11. The Labute approximate surface area is 192 Å². The first-order valence-corrected chi connectivity index (χ1v) is 11.9. The lowest BCUT2D eigenvalue weighted by Gasteiger charge is -2.41. The van der Waals surface area contributed by atoms with Crippen LogP contribution in [-0.2, 0) is 0 Å². The largest absolute Gasteiger partial charge is 0.494 e. The Morgan fingerprint density at radius 2 is 1.78 bits per heavy atom. The number of rotatable bonds is 6. The molecule has 1 saturated heterocycles. The Morgan fingerprint density at radius 3 is 2.44 bits per heavy atom. The molecule has 0 saturated carbocycles. The highest BCUT2D eigenvalue weighted by Crippen LogP contribution is 2.41. The first kappa shape index (κ1) is 21.0. The summed E-state index contributed by atoms with van der Waals surface area (Å²) in [5.74, 6) is 1.49. The van der Waals surface area contributed by atoms with Crippen LogP contribution in [0.5, 0.6) is 5.75 Å². The average Bonchev–Trinajstić information content (AvgIpc) is 3.33. The first-order valence-electron chi connectivity index (χ1n) is 11.1. The van der Waals surface area contributed by atoms with E-state index in [2.05, 4.69) is 56.3 Å². The van der Waals surface area contributed by atoms with E-state index in [1.807, 2.05) is 32.0 Å². The summed E-state index contributed by atoms with van der Waals surface area (Å²) in [4.78, 5) is 22.6. The Hall–Kier alpha value is -2.84. The Balaban J connectivity index is 1.40. The Kier molecular flexibility index (Phi) is 5.89. The molecule has 0 aliphatic carbocycles. The van der Waals surface area contributed by atoms with Gasteiger partial charge in [-0.25, -0.2) is 4.98 Å². The third-order valence-corrected chi connectivity index (χ3v) is 7.20. The van der Waals surface area contributed by atoms with E-state index in [0.717, 1.165) is 37.5 Å². The lowest BCUT2D eigenvalue weighted by Crippen LogP contribution is -2.50. The Bertz CT molecular complexity index is 1080. The number of benzene rings is 2. The molecular formula is C24H27N5O2S. The predicted octanol–water partition coefficient (Wildman–Crippen LogP) is 3.66. The molecule has 2 aliphatic heterocycles. The summed E-state index contributed by atoms with van der Waals surface area (Å²) in [6, 6.07) is 18.6. The number of hydrogen-bond donors (Lipinski definition) is 0. The van der Waals surface area contributed by atoms with E-state index in [9.17, 15) is 4.79 Å². The maximum Gasteiger partial charge on any atom is 0.264 e. The molecule has 32 heavy (non-hydrogen) atoms. The SMILES string of the molecule is CCOc1ccc(C(C2Sc3nc(C)nn3C2=O)N2CCN(c3ccccc3)CC2)cc1. The van der Waals surface area contributed by atoms with Gasteiger partial charge < -0.3 is 9.64 Å². The molecule has 5 rings (SSSR count). The molecule has 7 nitrogen and oxygen atoms in total.